The maximum absolute atomic E-state index is 4.69. The number of hydrogen-bond acceptors (Lipinski definition) is 5. The maximum Gasteiger partial charge on any atom is 0.234 e. The van der Waals surface area contributed by atoms with Gasteiger partial charge in [0.05, 0.1) is 22.4 Å². The van der Waals surface area contributed by atoms with Gasteiger partial charge in [0.2, 0.25) is 11.9 Å². The maximum atomic E-state index is 4.69. The van der Waals surface area contributed by atoms with Gasteiger partial charge in [-0.15, -0.1) is 0 Å². The SMILES string of the molecule is c1ccc(-c2ccc3c(c2)c2cc4c(cc2n3-c2ncccn2)N(c2ncccn2)c2cccc3cccc-4c23)cc1. The first kappa shape index (κ1) is 22.9. The van der Waals surface area contributed by atoms with Crippen molar-refractivity contribution in [3.63, 3.8) is 0 Å². The van der Waals surface area contributed by atoms with Crippen molar-refractivity contribution in [2.45, 2.75) is 0 Å². The minimum Gasteiger partial charge on any atom is -0.278 e. The molecular weight excluding hydrogens is 516 g/mol. The van der Waals surface area contributed by atoms with Crippen LogP contribution >= 0.6 is 0 Å². The van der Waals surface area contributed by atoms with Gasteiger partial charge in [0.25, 0.3) is 0 Å². The van der Waals surface area contributed by atoms with Crippen molar-refractivity contribution in [2.24, 2.45) is 0 Å². The van der Waals surface area contributed by atoms with Gasteiger partial charge >= 0.3 is 0 Å². The minimum atomic E-state index is 0.630. The summed E-state index contributed by atoms with van der Waals surface area (Å²) in [5.41, 5.74) is 8.83. The smallest absolute Gasteiger partial charge is 0.234 e. The summed E-state index contributed by atoms with van der Waals surface area (Å²) in [6.07, 6.45) is 7.16. The molecular formula is C36H22N6. The van der Waals surface area contributed by atoms with E-state index in [4.69, 9.17) is 9.97 Å². The molecule has 6 heteroatoms. The van der Waals surface area contributed by atoms with Gasteiger partial charge in [0.1, 0.15) is 0 Å². The van der Waals surface area contributed by atoms with Crippen LogP contribution in [-0.4, -0.2) is 24.5 Å². The third-order valence-electron chi connectivity index (χ3n) is 8.15. The zero-order chi connectivity index (χ0) is 27.6. The van der Waals surface area contributed by atoms with Gasteiger partial charge in [-0.05, 0) is 64.5 Å². The molecule has 0 aliphatic carbocycles. The molecule has 1 aliphatic heterocycles. The molecule has 4 heterocycles. The van der Waals surface area contributed by atoms with Gasteiger partial charge < -0.3 is 0 Å². The predicted molar refractivity (Wildman–Crippen MR) is 169 cm³/mol. The molecule has 42 heavy (non-hydrogen) atoms. The van der Waals surface area contributed by atoms with Crippen molar-refractivity contribution < 1.29 is 0 Å². The molecule has 0 radical (unpaired) electrons. The van der Waals surface area contributed by atoms with E-state index >= 15 is 0 Å². The second-order valence-corrected chi connectivity index (χ2v) is 10.4. The number of hydrogen-bond donors (Lipinski definition) is 0. The number of nitrogens with zero attached hydrogens (tertiary/aromatic N) is 6. The highest BCUT2D eigenvalue weighted by molar-refractivity contribution is 6.18. The molecule has 8 aromatic rings. The van der Waals surface area contributed by atoms with Crippen LogP contribution in [-0.2, 0) is 0 Å². The van der Waals surface area contributed by atoms with Crippen molar-refractivity contribution in [1.29, 1.82) is 0 Å². The van der Waals surface area contributed by atoms with Crippen LogP contribution in [0.4, 0.5) is 17.3 Å². The average Bonchev–Trinajstić information content (AvgIpc) is 3.38. The second kappa shape index (κ2) is 8.81. The number of fused-ring (bicyclic) bond motifs is 5. The lowest BCUT2D eigenvalue weighted by Crippen LogP contribution is -2.17. The third-order valence-corrected chi connectivity index (χ3v) is 8.15. The van der Waals surface area contributed by atoms with E-state index in [2.05, 4.69) is 110 Å². The van der Waals surface area contributed by atoms with Gasteiger partial charge in [-0.25, -0.2) is 19.9 Å². The van der Waals surface area contributed by atoms with Gasteiger partial charge in [-0.1, -0.05) is 66.7 Å². The summed E-state index contributed by atoms with van der Waals surface area (Å²) < 4.78 is 2.16. The molecule has 0 N–H and O–H groups in total. The molecule has 0 spiro atoms. The first-order valence-electron chi connectivity index (χ1n) is 13.9. The zero-order valence-electron chi connectivity index (χ0n) is 22.4. The molecule has 6 nitrogen and oxygen atoms in total. The summed E-state index contributed by atoms with van der Waals surface area (Å²) in [5, 5.41) is 4.66. The Morgan fingerprint density at radius 2 is 1.17 bits per heavy atom. The normalized spacial score (nSPS) is 12.2. The van der Waals surface area contributed by atoms with Crippen molar-refractivity contribution in [3.05, 3.63) is 134 Å². The van der Waals surface area contributed by atoms with Crippen molar-refractivity contribution in [1.82, 2.24) is 24.5 Å². The van der Waals surface area contributed by atoms with E-state index in [0.29, 0.717) is 11.9 Å². The Morgan fingerprint density at radius 1 is 0.452 bits per heavy atom. The van der Waals surface area contributed by atoms with Gasteiger partial charge in [-0.3, -0.25) is 9.47 Å². The fourth-order valence-corrected chi connectivity index (χ4v) is 6.37. The summed E-state index contributed by atoms with van der Waals surface area (Å²) in [7, 11) is 0. The molecule has 0 saturated heterocycles. The van der Waals surface area contributed by atoms with Crippen LogP contribution in [0.15, 0.2) is 134 Å². The molecule has 0 unspecified atom stereocenters. The lowest BCUT2D eigenvalue weighted by atomic mass is 9.90. The summed E-state index contributed by atoms with van der Waals surface area (Å²) in [6.45, 7) is 0. The highest BCUT2D eigenvalue weighted by atomic mass is 15.3. The van der Waals surface area contributed by atoms with Crippen LogP contribution < -0.4 is 4.90 Å². The molecule has 5 aromatic carbocycles. The van der Waals surface area contributed by atoms with E-state index < -0.39 is 0 Å². The number of aromatic nitrogens is 5. The highest BCUT2D eigenvalue weighted by Crippen LogP contribution is 2.52. The van der Waals surface area contributed by atoms with E-state index in [1.165, 1.54) is 27.5 Å². The predicted octanol–water partition coefficient (Wildman–Crippen LogP) is 8.63. The first-order valence-corrected chi connectivity index (χ1v) is 13.9. The number of benzene rings is 5. The summed E-state index contributed by atoms with van der Waals surface area (Å²) in [6, 6.07) is 38.3. The summed E-state index contributed by atoms with van der Waals surface area (Å²) in [5.74, 6) is 1.26. The Bertz CT molecular complexity index is 2290. The van der Waals surface area contributed by atoms with Crippen LogP contribution in [0.2, 0.25) is 0 Å². The van der Waals surface area contributed by atoms with Gasteiger partial charge in [0, 0.05) is 46.5 Å². The third kappa shape index (κ3) is 3.26. The monoisotopic (exact) mass is 538 g/mol. The molecule has 3 aromatic heterocycles. The van der Waals surface area contributed by atoms with Crippen LogP contribution in [0.25, 0.3) is 60.8 Å². The van der Waals surface area contributed by atoms with Gasteiger partial charge in [-0.2, -0.15) is 0 Å². The fraction of sp³-hybridized carbons (Fsp3) is 0. The largest absolute Gasteiger partial charge is 0.278 e. The molecule has 0 amide bonds. The standard InChI is InChI=1S/C36H22N6/c1-2-8-23(9-3-1)25-14-15-30-27(20-25)29-21-28-26-12-4-10-24-11-5-13-31(34(24)26)42(36-39-18-7-19-40-36)32(28)22-33(29)41(30)35-37-16-6-17-38-35/h1-22H. The Balaban J connectivity index is 1.43. The lowest BCUT2D eigenvalue weighted by Gasteiger charge is -2.32. The number of rotatable bonds is 3. The van der Waals surface area contributed by atoms with Crippen LogP contribution in [0.1, 0.15) is 0 Å². The van der Waals surface area contributed by atoms with Crippen LogP contribution in [0.5, 0.6) is 0 Å². The molecule has 1 aliphatic rings. The van der Waals surface area contributed by atoms with E-state index in [1.807, 2.05) is 18.2 Å². The molecule has 0 saturated carbocycles. The van der Waals surface area contributed by atoms with Crippen molar-refractivity contribution >= 4 is 49.9 Å². The topological polar surface area (TPSA) is 59.7 Å². The Kier molecular flexibility index (Phi) is 4.80. The van der Waals surface area contributed by atoms with Gasteiger partial charge in [0.15, 0.2) is 0 Å². The van der Waals surface area contributed by atoms with Crippen molar-refractivity contribution in [2.75, 3.05) is 4.90 Å². The first-order chi connectivity index (χ1) is 20.8. The molecule has 0 bridgehead atoms. The molecule has 0 fully saturated rings. The Labute approximate surface area is 241 Å². The van der Waals surface area contributed by atoms with E-state index in [0.717, 1.165) is 38.7 Å². The summed E-state index contributed by atoms with van der Waals surface area (Å²) >= 11 is 0. The van der Waals surface area contributed by atoms with Crippen LogP contribution in [0.3, 0.4) is 0 Å². The lowest BCUT2D eigenvalue weighted by molar-refractivity contribution is 0.988. The second-order valence-electron chi connectivity index (χ2n) is 10.4. The Hall–Kier alpha value is -5.88. The molecule has 9 rings (SSSR count). The van der Waals surface area contributed by atoms with Crippen molar-refractivity contribution in [3.8, 4) is 28.2 Å². The average molecular weight is 539 g/mol. The Morgan fingerprint density at radius 3 is 1.95 bits per heavy atom. The summed E-state index contributed by atoms with van der Waals surface area (Å²) in [4.78, 5) is 20.9. The van der Waals surface area contributed by atoms with E-state index in [9.17, 15) is 0 Å². The highest BCUT2D eigenvalue weighted by Gasteiger charge is 2.29. The molecule has 0 atom stereocenters. The van der Waals surface area contributed by atoms with E-state index in [1.54, 1.807) is 24.8 Å². The van der Waals surface area contributed by atoms with E-state index in [-0.39, 0.29) is 0 Å². The fourth-order valence-electron chi connectivity index (χ4n) is 6.37. The number of anilines is 3. The molecule has 196 valence electrons. The quantitative estimate of drug-likeness (QED) is 0.225. The minimum absolute atomic E-state index is 0.630. The zero-order valence-corrected chi connectivity index (χ0v) is 22.4. The van der Waals surface area contributed by atoms with Crippen LogP contribution in [0, 0.1) is 0 Å².